The molecule has 3 aromatic rings. The molecule has 1 heterocycles. The quantitative estimate of drug-likeness (QED) is 0.549. The number of carboxylic acid groups (broad SMARTS) is 1. The highest BCUT2D eigenvalue weighted by Crippen LogP contribution is 2.27. The van der Waals surface area contributed by atoms with Gasteiger partial charge in [-0.1, -0.05) is 54.6 Å². The van der Waals surface area contributed by atoms with E-state index in [2.05, 4.69) is 29.6 Å². The second kappa shape index (κ2) is 9.46. The van der Waals surface area contributed by atoms with Crippen LogP contribution in [0, 0.1) is 0 Å². The van der Waals surface area contributed by atoms with Gasteiger partial charge < -0.3 is 19.9 Å². The summed E-state index contributed by atoms with van der Waals surface area (Å²) in [4.78, 5) is 11.6. The van der Waals surface area contributed by atoms with Crippen molar-refractivity contribution >= 4 is 11.7 Å². The predicted octanol–water partition coefficient (Wildman–Crippen LogP) is 5.08. The zero-order chi connectivity index (χ0) is 20.8. The molecule has 0 spiro atoms. The molecule has 1 atom stereocenters. The van der Waals surface area contributed by atoms with Gasteiger partial charge in [-0.3, -0.25) is 0 Å². The summed E-state index contributed by atoms with van der Waals surface area (Å²) in [5.74, 6) is -0.149. The number of hydrogen-bond acceptors (Lipinski definition) is 4. The van der Waals surface area contributed by atoms with Crippen molar-refractivity contribution in [1.82, 2.24) is 0 Å². The zero-order valence-corrected chi connectivity index (χ0v) is 16.7. The lowest BCUT2D eigenvalue weighted by atomic mass is 9.97. The molecule has 1 aliphatic heterocycles. The standard InChI is InChI=1S/C25H25NO4/c27-25(28)23-11-10-22(14-24(23)30-16-19-4-2-1-3-5-19)26-15-18-6-8-20(9-7-18)21-12-13-29-17-21/h1-11,14,21,26H,12-13,15-17H2,(H,27,28). The first-order chi connectivity index (χ1) is 14.7. The summed E-state index contributed by atoms with van der Waals surface area (Å²) < 4.78 is 11.3. The van der Waals surface area contributed by atoms with Crippen molar-refractivity contribution in [3.8, 4) is 5.75 Å². The number of aromatic carboxylic acids is 1. The van der Waals surface area contributed by atoms with Crippen molar-refractivity contribution in [2.24, 2.45) is 0 Å². The van der Waals surface area contributed by atoms with Crippen LogP contribution in [0.4, 0.5) is 5.69 Å². The molecular weight excluding hydrogens is 378 g/mol. The highest BCUT2D eigenvalue weighted by Gasteiger charge is 2.17. The average molecular weight is 403 g/mol. The van der Waals surface area contributed by atoms with Gasteiger partial charge in [-0.05, 0) is 35.2 Å². The fourth-order valence-electron chi connectivity index (χ4n) is 3.57. The van der Waals surface area contributed by atoms with Crippen LogP contribution in [0.2, 0.25) is 0 Å². The SMILES string of the molecule is O=C(O)c1ccc(NCc2ccc(C3CCOC3)cc2)cc1OCc1ccccc1. The topological polar surface area (TPSA) is 67.8 Å². The van der Waals surface area contributed by atoms with Gasteiger partial charge in [0.2, 0.25) is 0 Å². The Labute approximate surface area is 176 Å². The second-order valence-electron chi connectivity index (χ2n) is 7.45. The fraction of sp³-hybridized carbons (Fsp3) is 0.240. The van der Waals surface area contributed by atoms with Gasteiger partial charge in [0, 0.05) is 30.8 Å². The monoisotopic (exact) mass is 403 g/mol. The van der Waals surface area contributed by atoms with Crippen molar-refractivity contribution in [2.75, 3.05) is 18.5 Å². The largest absolute Gasteiger partial charge is 0.488 e. The Morgan fingerprint density at radius 3 is 2.53 bits per heavy atom. The number of nitrogens with one attached hydrogen (secondary N) is 1. The molecule has 1 aliphatic rings. The van der Waals surface area contributed by atoms with E-state index in [9.17, 15) is 9.90 Å². The fourth-order valence-corrected chi connectivity index (χ4v) is 3.57. The van der Waals surface area contributed by atoms with Crippen molar-refractivity contribution in [3.05, 3.63) is 95.1 Å². The Morgan fingerprint density at radius 2 is 1.83 bits per heavy atom. The Kier molecular flexibility index (Phi) is 6.30. The van der Waals surface area contributed by atoms with Crippen molar-refractivity contribution in [2.45, 2.75) is 25.5 Å². The molecule has 5 nitrogen and oxygen atoms in total. The lowest BCUT2D eigenvalue weighted by molar-refractivity contribution is 0.0692. The number of hydrogen-bond donors (Lipinski definition) is 2. The molecule has 1 saturated heterocycles. The second-order valence-corrected chi connectivity index (χ2v) is 7.45. The first-order valence-corrected chi connectivity index (χ1v) is 10.1. The maximum atomic E-state index is 11.6. The molecule has 30 heavy (non-hydrogen) atoms. The highest BCUT2D eigenvalue weighted by atomic mass is 16.5. The summed E-state index contributed by atoms with van der Waals surface area (Å²) in [6.45, 7) is 2.61. The lowest BCUT2D eigenvalue weighted by Crippen LogP contribution is -2.06. The summed E-state index contributed by atoms with van der Waals surface area (Å²) in [5, 5.41) is 12.8. The molecule has 0 bridgehead atoms. The van der Waals surface area contributed by atoms with Crippen LogP contribution in [0.15, 0.2) is 72.8 Å². The van der Waals surface area contributed by atoms with Crippen LogP contribution >= 0.6 is 0 Å². The van der Waals surface area contributed by atoms with Gasteiger partial charge in [0.25, 0.3) is 0 Å². The van der Waals surface area contributed by atoms with E-state index < -0.39 is 5.97 Å². The third kappa shape index (κ3) is 4.99. The third-order valence-corrected chi connectivity index (χ3v) is 5.33. The minimum Gasteiger partial charge on any atom is -0.488 e. The van der Waals surface area contributed by atoms with Crippen LogP contribution in [0.3, 0.4) is 0 Å². The summed E-state index contributed by atoms with van der Waals surface area (Å²) in [7, 11) is 0. The number of ether oxygens (including phenoxy) is 2. The van der Waals surface area contributed by atoms with E-state index in [-0.39, 0.29) is 5.56 Å². The number of carboxylic acids is 1. The molecule has 4 rings (SSSR count). The summed E-state index contributed by atoms with van der Waals surface area (Å²) >= 11 is 0. The van der Waals surface area contributed by atoms with Gasteiger partial charge in [0.15, 0.2) is 0 Å². The van der Waals surface area contributed by atoms with Gasteiger partial charge >= 0.3 is 5.97 Å². The van der Waals surface area contributed by atoms with Gasteiger partial charge in [0.05, 0.1) is 6.61 Å². The molecule has 0 aromatic heterocycles. The average Bonchev–Trinajstić information content (AvgIpc) is 3.32. The molecule has 1 fully saturated rings. The number of anilines is 1. The molecule has 154 valence electrons. The molecular formula is C25H25NO4. The van der Waals surface area contributed by atoms with E-state index >= 15 is 0 Å². The predicted molar refractivity (Wildman–Crippen MR) is 116 cm³/mol. The van der Waals surface area contributed by atoms with Crippen LogP contribution in [-0.4, -0.2) is 24.3 Å². The van der Waals surface area contributed by atoms with Gasteiger partial charge in [-0.15, -0.1) is 0 Å². The molecule has 0 aliphatic carbocycles. The molecule has 5 heteroatoms. The minimum atomic E-state index is -1.00. The number of rotatable bonds is 8. The molecule has 3 aromatic carbocycles. The van der Waals surface area contributed by atoms with Crippen molar-refractivity contribution in [1.29, 1.82) is 0 Å². The van der Waals surface area contributed by atoms with Gasteiger partial charge in [-0.25, -0.2) is 4.79 Å². The Balaban J connectivity index is 1.41. The first-order valence-electron chi connectivity index (χ1n) is 10.1. The van der Waals surface area contributed by atoms with Crippen LogP contribution in [-0.2, 0) is 17.9 Å². The maximum absolute atomic E-state index is 11.6. The van der Waals surface area contributed by atoms with E-state index in [0.717, 1.165) is 36.4 Å². The normalized spacial score (nSPS) is 15.7. The van der Waals surface area contributed by atoms with Gasteiger partial charge in [-0.2, -0.15) is 0 Å². The molecule has 0 radical (unpaired) electrons. The number of carbonyl (C=O) groups is 1. The molecule has 1 unspecified atom stereocenters. The van der Waals surface area contributed by atoms with Crippen LogP contribution in [0.5, 0.6) is 5.75 Å². The minimum absolute atomic E-state index is 0.152. The van der Waals surface area contributed by atoms with Crippen LogP contribution in [0.25, 0.3) is 0 Å². The smallest absolute Gasteiger partial charge is 0.339 e. The van der Waals surface area contributed by atoms with E-state index in [0.29, 0.717) is 24.8 Å². The Morgan fingerprint density at radius 1 is 1.03 bits per heavy atom. The Bertz CT molecular complexity index is 980. The van der Waals surface area contributed by atoms with Crippen molar-refractivity contribution in [3.63, 3.8) is 0 Å². The van der Waals surface area contributed by atoms with E-state index in [1.54, 1.807) is 18.2 Å². The third-order valence-electron chi connectivity index (χ3n) is 5.33. The summed E-state index contributed by atoms with van der Waals surface area (Å²) in [6, 6.07) is 23.4. The molecule has 0 amide bonds. The van der Waals surface area contributed by atoms with E-state index in [4.69, 9.17) is 9.47 Å². The zero-order valence-electron chi connectivity index (χ0n) is 16.7. The lowest BCUT2D eigenvalue weighted by Gasteiger charge is -2.13. The van der Waals surface area contributed by atoms with E-state index in [1.807, 2.05) is 30.3 Å². The highest BCUT2D eigenvalue weighted by molar-refractivity contribution is 5.91. The maximum Gasteiger partial charge on any atom is 0.339 e. The van der Waals surface area contributed by atoms with Gasteiger partial charge in [0.1, 0.15) is 17.9 Å². The Hall–Kier alpha value is -3.31. The van der Waals surface area contributed by atoms with E-state index in [1.165, 1.54) is 5.56 Å². The van der Waals surface area contributed by atoms with Crippen LogP contribution < -0.4 is 10.1 Å². The first kappa shape index (κ1) is 20.0. The molecule has 2 N–H and O–H groups in total. The van der Waals surface area contributed by atoms with Crippen LogP contribution in [0.1, 0.15) is 39.4 Å². The summed E-state index contributed by atoms with van der Waals surface area (Å²) in [6.07, 6.45) is 1.08. The van der Waals surface area contributed by atoms with Crippen molar-refractivity contribution < 1.29 is 19.4 Å². The molecule has 0 saturated carbocycles. The number of benzene rings is 3. The summed E-state index contributed by atoms with van der Waals surface area (Å²) in [5.41, 5.74) is 4.43.